The van der Waals surface area contributed by atoms with Crippen LogP contribution in [0.15, 0.2) is 12.2 Å². The summed E-state index contributed by atoms with van der Waals surface area (Å²) in [6.07, 6.45) is -18.7. The Labute approximate surface area is 616 Å². The molecule has 0 radical (unpaired) electrons. The van der Waals surface area contributed by atoms with Crippen molar-refractivity contribution in [2.45, 2.75) is 268 Å². The van der Waals surface area contributed by atoms with Crippen LogP contribution in [0.5, 0.6) is 0 Å². The van der Waals surface area contributed by atoms with Gasteiger partial charge in [0.15, 0.2) is 0 Å². The molecule has 3 saturated carbocycles. The van der Waals surface area contributed by atoms with Gasteiger partial charge < -0.3 is 59.9 Å². The number of fused-ring (bicyclic) bond motifs is 3. The Morgan fingerprint density at radius 3 is 1.75 bits per heavy atom. The minimum Gasteiger partial charge on any atom is -0.377 e. The molecule has 0 aromatic rings. The molecule has 3 heterocycles. The molecule has 12 atom stereocenters. The summed E-state index contributed by atoms with van der Waals surface area (Å²) in [6, 6.07) is -11.2. The largest absolute Gasteiger partial charge is 0.397 e. The number of carbonyl (C=O) groups is 11. The monoisotopic (exact) mass is 1530 g/mol. The second-order valence-corrected chi connectivity index (χ2v) is 30.9. The Morgan fingerprint density at radius 2 is 1.21 bits per heavy atom. The molecule has 602 valence electrons. The number of alkyl halides is 10. The van der Waals surface area contributed by atoms with E-state index in [1.54, 1.807) is 67.5 Å². The minimum atomic E-state index is -5.25. The van der Waals surface area contributed by atoms with Crippen LogP contribution in [0.1, 0.15) is 177 Å². The maximum atomic E-state index is 15.7. The first-order chi connectivity index (χ1) is 49.4. The van der Waals surface area contributed by atoms with E-state index in [1.807, 2.05) is 0 Å². The molecular formula is C73H113F10N11O12. The van der Waals surface area contributed by atoms with Crippen LogP contribution in [0, 0.1) is 41.4 Å². The topological polar surface area (TPSA) is 259 Å². The molecule has 2 saturated heterocycles. The van der Waals surface area contributed by atoms with Crippen LogP contribution in [0.3, 0.4) is 0 Å². The van der Waals surface area contributed by atoms with Crippen LogP contribution in [-0.4, -0.2) is 270 Å². The van der Waals surface area contributed by atoms with E-state index < -0.39 is 255 Å². The molecule has 5 fully saturated rings. The number of likely N-dealkylation sites (N-methyl/N-ethyl adjacent to an activating group) is 6. The van der Waals surface area contributed by atoms with Crippen molar-refractivity contribution in [3.63, 3.8) is 0 Å². The minimum absolute atomic E-state index is 0.00108. The Bertz CT molecular complexity index is 3120. The van der Waals surface area contributed by atoms with Crippen molar-refractivity contribution >= 4 is 65.0 Å². The molecule has 1 spiro atoms. The Morgan fingerprint density at radius 1 is 0.604 bits per heavy atom. The van der Waals surface area contributed by atoms with Crippen LogP contribution < -0.4 is 16.0 Å². The van der Waals surface area contributed by atoms with Gasteiger partial charge in [-0.2, -0.15) is 26.3 Å². The van der Waals surface area contributed by atoms with E-state index in [-0.39, 0.29) is 90.2 Å². The lowest BCUT2D eigenvalue weighted by Gasteiger charge is -2.50. The summed E-state index contributed by atoms with van der Waals surface area (Å²) in [7, 11) is 7.83. The van der Waals surface area contributed by atoms with E-state index in [1.165, 1.54) is 57.0 Å². The fourth-order valence-electron chi connectivity index (χ4n) is 16.6. The zero-order chi connectivity index (χ0) is 79.6. The molecule has 0 aromatic heterocycles. The average molecular weight is 1530 g/mol. The van der Waals surface area contributed by atoms with Gasteiger partial charge in [-0.1, -0.05) is 79.9 Å². The smallest absolute Gasteiger partial charge is 0.377 e. The molecule has 6 rings (SSSR count). The van der Waals surface area contributed by atoms with E-state index in [4.69, 9.17) is 4.74 Å². The third-order valence-corrected chi connectivity index (χ3v) is 23.3. The fraction of sp³-hybridized carbons (Fsp3) is 0.822. The van der Waals surface area contributed by atoms with E-state index in [0.717, 1.165) is 24.5 Å². The molecule has 3 aliphatic heterocycles. The van der Waals surface area contributed by atoms with Crippen molar-refractivity contribution in [3.8, 4) is 0 Å². The molecule has 2 unspecified atom stereocenters. The van der Waals surface area contributed by atoms with Crippen molar-refractivity contribution in [3.05, 3.63) is 12.2 Å². The number of nitrogens with zero attached hydrogens (tertiary/aromatic N) is 8. The maximum absolute atomic E-state index is 15.7. The zero-order valence-corrected chi connectivity index (χ0v) is 63.8. The Kier molecular flexibility index (Phi) is 30.8. The highest BCUT2D eigenvalue weighted by Gasteiger charge is 2.64. The second-order valence-electron chi connectivity index (χ2n) is 30.9. The first kappa shape index (κ1) is 88.1. The standard InChI is InChI=1S/C73H113F10N11O12/c1-15-42(8)60-67(103)88(10)38-58(97)90(12)52-23-21-20-22-30-93(66(52)102)55(33-43-24-27-46(28-25-43)72(78,79)80)65(101)87(9)37-56(95)84-50(29-26-44-31-48(74)59(49(75)32-44)73(81,82)83)64(100)94-36-47(106-19-5)34-54(94)63(99)86-70(39-71(76,77)40-70)69(105)92(14)61(45(16-2)17-3)68(104)91(13)53(41(6)7)35-57(96)89(11)51(18-4)62(98)85-60/h20-21,41-55,59-61H,15-19,22-40H2,1-14H3,(H,84,95)(H,85,98)(H,86,99)/b21-20-/t42-,43?,44?,46?,47+,48?,49?,50-,51-,52-,53+,54-,55-,59?,60-,61-/m0/s1. The highest BCUT2D eigenvalue weighted by molar-refractivity contribution is 6.00. The average Bonchev–Trinajstić information content (AvgIpc) is 0.863. The molecule has 3 N–H and O–H groups in total. The highest BCUT2D eigenvalue weighted by Crippen LogP contribution is 2.49. The van der Waals surface area contributed by atoms with Crippen LogP contribution in [-0.2, 0) is 57.5 Å². The summed E-state index contributed by atoms with van der Waals surface area (Å²) in [5.74, 6) is -21.3. The van der Waals surface area contributed by atoms with Crippen LogP contribution in [0.4, 0.5) is 43.9 Å². The molecule has 106 heavy (non-hydrogen) atoms. The van der Waals surface area contributed by atoms with Gasteiger partial charge in [-0.25, -0.2) is 17.6 Å². The molecule has 23 nitrogen and oxygen atoms in total. The molecule has 33 heteroatoms. The van der Waals surface area contributed by atoms with Gasteiger partial charge in [0, 0.05) is 93.7 Å². The van der Waals surface area contributed by atoms with Crippen LogP contribution >= 0.6 is 0 Å². The number of hydrogen-bond acceptors (Lipinski definition) is 12. The second kappa shape index (κ2) is 37.1. The van der Waals surface area contributed by atoms with Crippen molar-refractivity contribution in [1.29, 1.82) is 0 Å². The third kappa shape index (κ3) is 21.1. The van der Waals surface area contributed by atoms with Gasteiger partial charge in [-0.05, 0) is 114 Å². The summed E-state index contributed by atoms with van der Waals surface area (Å²) in [4.78, 5) is 174. The number of hydrogen-bond donors (Lipinski definition) is 3. The molecular weight excluding hydrogens is 1410 g/mol. The Hall–Kier alpha value is -6.83. The number of nitrogens with one attached hydrogen (secondary N) is 3. The quantitative estimate of drug-likeness (QED) is 0.111. The van der Waals surface area contributed by atoms with Crippen LogP contribution in [0.2, 0.25) is 0 Å². The summed E-state index contributed by atoms with van der Waals surface area (Å²) < 4.78 is 152. The van der Waals surface area contributed by atoms with Gasteiger partial charge in [0.05, 0.1) is 25.1 Å². The first-order valence-corrected chi connectivity index (χ1v) is 37.6. The number of halogens is 10. The van der Waals surface area contributed by atoms with Gasteiger partial charge in [-0.3, -0.25) is 52.7 Å². The number of amides is 11. The molecule has 11 amide bonds. The summed E-state index contributed by atoms with van der Waals surface area (Å²) in [5, 5.41) is 7.88. The van der Waals surface area contributed by atoms with Gasteiger partial charge in [0.1, 0.15) is 66.1 Å². The van der Waals surface area contributed by atoms with Crippen molar-refractivity contribution in [2.24, 2.45) is 41.4 Å². The van der Waals surface area contributed by atoms with Gasteiger partial charge in [0.25, 0.3) is 5.92 Å². The van der Waals surface area contributed by atoms with Crippen molar-refractivity contribution < 1.29 is 101 Å². The van der Waals surface area contributed by atoms with E-state index in [2.05, 4.69) is 16.0 Å². The Balaban J connectivity index is 1.48. The molecule has 6 aliphatic rings. The predicted molar refractivity (Wildman–Crippen MR) is 371 cm³/mol. The molecule has 3 aliphatic carbocycles. The fourth-order valence-corrected chi connectivity index (χ4v) is 16.6. The lowest BCUT2D eigenvalue weighted by molar-refractivity contribution is -0.219. The summed E-state index contributed by atoms with van der Waals surface area (Å²) >= 11 is 0. The van der Waals surface area contributed by atoms with Gasteiger partial charge in [0.2, 0.25) is 65.0 Å². The van der Waals surface area contributed by atoms with E-state index in [0.29, 0.717) is 6.42 Å². The number of rotatable bonds is 14. The lowest BCUT2D eigenvalue weighted by atomic mass is 9.71. The normalized spacial score (nSPS) is 32.1. The summed E-state index contributed by atoms with van der Waals surface area (Å²) in [6.45, 7) is 11.5. The van der Waals surface area contributed by atoms with Crippen LogP contribution in [0.25, 0.3) is 0 Å². The molecule has 0 aromatic carbocycles. The lowest BCUT2D eigenvalue weighted by Crippen LogP contribution is -2.72. The number of carbonyl (C=O) groups excluding carboxylic acids is 11. The van der Waals surface area contributed by atoms with E-state index in [9.17, 15) is 50.3 Å². The highest BCUT2D eigenvalue weighted by atomic mass is 19.4. The SMILES string of the molecule is CCO[C@@H]1C[C@H]2C(=O)NC3(CC(F)(F)C3)C(=O)N(C)[C@@H](C(CC)CC)C(=O)N(C)[C@@H](C(C)C)CC(=O)N(C)[C@@H](CC)C(=O)N[C@@H]([C@@H](C)CC)C(=O)N(C)CC(=O)N(C)[C@H]3C/C=C\CCN(C3=O)[C@@H](CC3CCC(C(F)(F)F)CC3)C(=O)N(C)CC(=O)N[C@@H](CCC3CC(F)C(C(F)(F)F)C(F)C3)C(=O)N2C1. The maximum Gasteiger partial charge on any atom is 0.397 e. The zero-order valence-electron chi connectivity index (χ0n) is 63.8. The third-order valence-electron chi connectivity index (χ3n) is 23.3. The van der Waals surface area contributed by atoms with Gasteiger partial charge in [-0.15, -0.1) is 0 Å². The number of ether oxygens (including phenoxy) is 1. The van der Waals surface area contributed by atoms with Crippen molar-refractivity contribution in [2.75, 3.05) is 75.1 Å². The summed E-state index contributed by atoms with van der Waals surface area (Å²) in [5.41, 5.74) is -2.44. The predicted octanol–water partition coefficient (Wildman–Crippen LogP) is 7.77. The van der Waals surface area contributed by atoms with Crippen molar-refractivity contribution in [1.82, 2.24) is 55.1 Å². The molecule has 2 bridgehead atoms. The first-order valence-electron chi connectivity index (χ1n) is 37.6. The van der Waals surface area contributed by atoms with E-state index >= 15 is 46.3 Å². The van der Waals surface area contributed by atoms with Gasteiger partial charge >= 0.3 is 12.4 Å².